The Labute approximate surface area is 204 Å². The summed E-state index contributed by atoms with van der Waals surface area (Å²) in [5.74, 6) is -0.545. The first-order chi connectivity index (χ1) is 16.9. The molecule has 1 N–H and O–H groups in total. The number of nitro benzene ring substituents is 1. The van der Waals surface area contributed by atoms with E-state index in [-0.39, 0.29) is 22.5 Å². The van der Waals surface area contributed by atoms with Crippen LogP contribution in [0.3, 0.4) is 0 Å². The first-order valence-electron chi connectivity index (χ1n) is 10.8. The summed E-state index contributed by atoms with van der Waals surface area (Å²) < 4.78 is 5.44. The van der Waals surface area contributed by atoms with Crippen molar-refractivity contribution in [3.8, 4) is 5.75 Å². The maximum Gasteiger partial charge on any atom is 0.294 e. The van der Waals surface area contributed by atoms with E-state index in [4.69, 9.17) is 16.3 Å². The average molecular weight is 488 g/mol. The van der Waals surface area contributed by atoms with Gasteiger partial charge in [-0.3, -0.25) is 19.7 Å². The van der Waals surface area contributed by atoms with Crippen molar-refractivity contribution in [2.75, 3.05) is 16.8 Å². The van der Waals surface area contributed by atoms with Crippen molar-refractivity contribution >= 4 is 56.9 Å². The summed E-state index contributed by atoms with van der Waals surface area (Å²) in [6.07, 6.45) is 0. The zero-order chi connectivity index (χ0) is 24.7. The lowest BCUT2D eigenvalue weighted by Crippen LogP contribution is -2.40. The number of hydrogen-bond acceptors (Lipinski definition) is 6. The van der Waals surface area contributed by atoms with E-state index >= 15 is 0 Å². The summed E-state index contributed by atoms with van der Waals surface area (Å²) in [6.45, 7) is 2.33. The molecule has 0 radical (unpaired) electrons. The van der Waals surface area contributed by atoms with Crippen molar-refractivity contribution in [2.24, 2.45) is 0 Å². The number of carbonyl (C=O) groups excluding carboxylic acids is 2. The molecule has 1 aliphatic heterocycles. The number of nitrogens with one attached hydrogen (secondary N) is 1. The van der Waals surface area contributed by atoms with Gasteiger partial charge in [0.15, 0.2) is 0 Å². The number of halogens is 1. The lowest BCUT2D eigenvalue weighted by atomic mass is 9.91. The van der Waals surface area contributed by atoms with E-state index in [1.165, 1.54) is 6.07 Å². The maximum absolute atomic E-state index is 13.5. The topological polar surface area (TPSA) is 102 Å². The molecule has 1 heterocycles. The molecule has 35 heavy (non-hydrogen) atoms. The Balaban J connectivity index is 1.68. The number of nitrogens with zero attached hydrogens (tertiary/aromatic N) is 2. The highest BCUT2D eigenvalue weighted by atomic mass is 35.5. The van der Waals surface area contributed by atoms with E-state index in [0.717, 1.165) is 4.90 Å². The van der Waals surface area contributed by atoms with Gasteiger partial charge in [0.05, 0.1) is 22.8 Å². The lowest BCUT2D eigenvalue weighted by molar-refractivity contribution is -0.383. The molecule has 9 heteroatoms. The van der Waals surface area contributed by atoms with Gasteiger partial charge in [-0.2, -0.15) is 0 Å². The molecule has 4 aromatic carbocycles. The monoisotopic (exact) mass is 487 g/mol. The van der Waals surface area contributed by atoms with Gasteiger partial charge in [0.1, 0.15) is 11.4 Å². The quantitative estimate of drug-likeness (QED) is 0.193. The van der Waals surface area contributed by atoms with Crippen LogP contribution in [0.15, 0.2) is 72.8 Å². The average Bonchev–Trinajstić information content (AvgIpc) is 2.85. The molecule has 0 aromatic heterocycles. The second-order valence-electron chi connectivity index (χ2n) is 7.81. The van der Waals surface area contributed by atoms with Crippen LogP contribution < -0.4 is 15.0 Å². The van der Waals surface area contributed by atoms with Crippen molar-refractivity contribution in [1.82, 2.24) is 0 Å². The summed E-state index contributed by atoms with van der Waals surface area (Å²) in [6, 6.07) is 19.4. The minimum absolute atomic E-state index is 0.0810. The minimum Gasteiger partial charge on any atom is -0.494 e. The van der Waals surface area contributed by atoms with E-state index in [1.807, 2.05) is 6.92 Å². The normalized spacial score (nSPS) is 12.7. The fraction of sp³-hybridized carbons (Fsp3) is 0.0769. The van der Waals surface area contributed by atoms with Crippen molar-refractivity contribution < 1.29 is 19.2 Å². The van der Waals surface area contributed by atoms with Crippen molar-refractivity contribution in [2.45, 2.75) is 6.92 Å². The van der Waals surface area contributed by atoms with E-state index in [9.17, 15) is 19.7 Å². The SMILES string of the molecule is CCOc1ccc(N2C(=O)c3cccc4c(Nc5ccc(Cl)cc5)c([N+](=O)[O-])cc(c34)C2=O)cc1. The number of ether oxygens (including phenoxy) is 1. The molecule has 0 saturated carbocycles. The molecule has 0 aliphatic carbocycles. The van der Waals surface area contributed by atoms with Gasteiger partial charge in [0.25, 0.3) is 17.5 Å². The van der Waals surface area contributed by atoms with Crippen LogP contribution in [-0.4, -0.2) is 23.3 Å². The molecule has 0 spiro atoms. The standard InChI is InChI=1S/C26H18ClN3O5/c1-2-35-18-12-10-17(11-13-18)29-25(31)20-5-3-4-19-23(20)21(26(29)32)14-22(30(33)34)24(19)28-16-8-6-15(27)7-9-16/h3-14,28H,2H2,1H3. The van der Waals surface area contributed by atoms with Crippen molar-refractivity contribution in [3.05, 3.63) is 99.1 Å². The third kappa shape index (κ3) is 3.83. The van der Waals surface area contributed by atoms with Crippen LogP contribution in [0.1, 0.15) is 27.6 Å². The predicted molar refractivity (Wildman–Crippen MR) is 134 cm³/mol. The van der Waals surface area contributed by atoms with Gasteiger partial charge in [-0.05, 0) is 61.5 Å². The minimum atomic E-state index is -0.635. The Morgan fingerprint density at radius 1 is 0.971 bits per heavy atom. The van der Waals surface area contributed by atoms with Crippen molar-refractivity contribution in [3.63, 3.8) is 0 Å². The molecule has 0 fully saturated rings. The largest absolute Gasteiger partial charge is 0.494 e. The highest BCUT2D eigenvalue weighted by molar-refractivity contribution is 6.37. The number of amides is 2. The Hall–Kier alpha value is -4.43. The molecule has 2 amide bonds. The lowest BCUT2D eigenvalue weighted by Gasteiger charge is -2.28. The van der Waals surface area contributed by atoms with E-state index in [0.29, 0.717) is 39.5 Å². The number of nitro groups is 1. The smallest absolute Gasteiger partial charge is 0.294 e. The fourth-order valence-electron chi connectivity index (χ4n) is 4.20. The second-order valence-corrected chi connectivity index (χ2v) is 8.24. The van der Waals surface area contributed by atoms with Crippen LogP contribution in [0.5, 0.6) is 5.75 Å². The highest BCUT2D eigenvalue weighted by Gasteiger charge is 2.37. The molecule has 5 rings (SSSR count). The number of carbonyl (C=O) groups is 2. The van der Waals surface area contributed by atoms with Crippen LogP contribution >= 0.6 is 11.6 Å². The molecule has 4 aromatic rings. The Morgan fingerprint density at radius 2 is 1.66 bits per heavy atom. The molecule has 174 valence electrons. The molecule has 0 atom stereocenters. The van der Waals surface area contributed by atoms with Gasteiger partial charge in [-0.1, -0.05) is 23.7 Å². The van der Waals surface area contributed by atoms with E-state index in [1.54, 1.807) is 66.7 Å². The first-order valence-corrected chi connectivity index (χ1v) is 11.1. The van der Waals surface area contributed by atoms with Crippen molar-refractivity contribution in [1.29, 1.82) is 0 Å². The zero-order valence-electron chi connectivity index (χ0n) is 18.4. The van der Waals surface area contributed by atoms with Gasteiger partial charge in [0.2, 0.25) is 0 Å². The first kappa shape index (κ1) is 22.4. The summed E-state index contributed by atoms with van der Waals surface area (Å²) in [4.78, 5) is 39.5. The fourth-order valence-corrected chi connectivity index (χ4v) is 4.32. The number of anilines is 3. The molecular formula is C26H18ClN3O5. The summed E-state index contributed by atoms with van der Waals surface area (Å²) in [7, 11) is 0. The number of imide groups is 1. The highest BCUT2D eigenvalue weighted by Crippen LogP contribution is 2.42. The van der Waals surface area contributed by atoms with Crippen LogP contribution in [0.4, 0.5) is 22.7 Å². The molecular weight excluding hydrogens is 470 g/mol. The third-order valence-electron chi connectivity index (χ3n) is 5.72. The maximum atomic E-state index is 13.5. The number of rotatable bonds is 6. The molecule has 1 aliphatic rings. The number of hydrogen-bond donors (Lipinski definition) is 1. The Bertz CT molecular complexity index is 1500. The summed E-state index contributed by atoms with van der Waals surface area (Å²) in [5, 5.41) is 16.4. The van der Waals surface area contributed by atoms with Gasteiger partial charge in [0, 0.05) is 33.1 Å². The van der Waals surface area contributed by atoms with Crippen LogP contribution in [-0.2, 0) is 0 Å². The summed E-state index contributed by atoms with van der Waals surface area (Å²) in [5.41, 5.74) is 1.18. The molecule has 0 bridgehead atoms. The Morgan fingerprint density at radius 3 is 2.31 bits per heavy atom. The zero-order valence-corrected chi connectivity index (χ0v) is 19.2. The van der Waals surface area contributed by atoms with Crippen LogP contribution in [0, 0.1) is 10.1 Å². The van der Waals surface area contributed by atoms with Gasteiger partial charge in [-0.25, -0.2) is 4.90 Å². The second kappa shape index (κ2) is 8.73. The Kier molecular flexibility index (Phi) is 5.58. The van der Waals surface area contributed by atoms with Crippen LogP contribution in [0.25, 0.3) is 10.8 Å². The molecule has 0 unspecified atom stereocenters. The van der Waals surface area contributed by atoms with E-state index < -0.39 is 16.7 Å². The predicted octanol–water partition coefficient (Wildman–Crippen LogP) is 6.34. The third-order valence-corrected chi connectivity index (χ3v) is 5.98. The van der Waals surface area contributed by atoms with E-state index in [2.05, 4.69) is 5.32 Å². The van der Waals surface area contributed by atoms with Gasteiger partial charge >= 0.3 is 0 Å². The molecule has 8 nitrogen and oxygen atoms in total. The summed E-state index contributed by atoms with van der Waals surface area (Å²) >= 11 is 5.96. The van der Waals surface area contributed by atoms with Crippen LogP contribution in [0.2, 0.25) is 5.02 Å². The van der Waals surface area contributed by atoms with Gasteiger partial charge < -0.3 is 10.1 Å². The number of benzene rings is 4. The molecule has 0 saturated heterocycles. The van der Waals surface area contributed by atoms with Gasteiger partial charge in [-0.15, -0.1) is 0 Å².